The van der Waals surface area contributed by atoms with Crippen molar-refractivity contribution in [2.75, 3.05) is 4.72 Å². The standard InChI is InChI=1S/C11H11FN4O4S/c12-8-1-2-10(13-5-8)15-21(19,20)9-6-14-16(7-9)4-3-11(17)18/h1-2,5-7H,3-4H2,(H,13,15)(H,17,18). The Morgan fingerprint density at radius 2 is 2.14 bits per heavy atom. The van der Waals surface area contributed by atoms with E-state index in [0.717, 1.165) is 18.5 Å². The lowest BCUT2D eigenvalue weighted by atomic mass is 10.4. The average Bonchev–Trinajstić information content (AvgIpc) is 2.88. The average molecular weight is 314 g/mol. The van der Waals surface area contributed by atoms with Crippen LogP contribution in [0.2, 0.25) is 0 Å². The summed E-state index contributed by atoms with van der Waals surface area (Å²) in [5.41, 5.74) is 0. The number of anilines is 1. The molecule has 2 heterocycles. The van der Waals surface area contributed by atoms with Crippen LogP contribution in [0.15, 0.2) is 35.6 Å². The van der Waals surface area contributed by atoms with Gasteiger partial charge in [-0.3, -0.25) is 14.2 Å². The van der Waals surface area contributed by atoms with Crippen molar-refractivity contribution in [3.05, 3.63) is 36.5 Å². The number of aromatic nitrogens is 3. The van der Waals surface area contributed by atoms with Gasteiger partial charge in [0.05, 0.1) is 25.4 Å². The molecule has 0 radical (unpaired) electrons. The summed E-state index contributed by atoms with van der Waals surface area (Å²) in [6, 6.07) is 2.25. The van der Waals surface area contributed by atoms with Crippen molar-refractivity contribution >= 4 is 21.8 Å². The number of halogens is 1. The van der Waals surface area contributed by atoms with Gasteiger partial charge in [0.1, 0.15) is 16.5 Å². The quantitative estimate of drug-likeness (QED) is 0.811. The van der Waals surface area contributed by atoms with Gasteiger partial charge in [0.25, 0.3) is 10.0 Å². The van der Waals surface area contributed by atoms with Gasteiger partial charge in [0, 0.05) is 6.20 Å². The molecule has 0 aliphatic rings. The SMILES string of the molecule is O=C(O)CCn1cc(S(=O)(=O)Nc2ccc(F)cn2)cn1. The highest BCUT2D eigenvalue weighted by molar-refractivity contribution is 7.92. The lowest BCUT2D eigenvalue weighted by molar-refractivity contribution is -0.137. The number of sulfonamides is 1. The predicted octanol–water partition coefficient (Wildman–Crippen LogP) is 0.693. The number of rotatable bonds is 6. The predicted molar refractivity (Wildman–Crippen MR) is 69.5 cm³/mol. The molecule has 0 unspecified atom stereocenters. The Hall–Kier alpha value is -2.49. The summed E-state index contributed by atoms with van der Waals surface area (Å²) in [5.74, 6) is -1.63. The van der Waals surface area contributed by atoms with Gasteiger partial charge < -0.3 is 5.11 Å². The Balaban J connectivity index is 2.12. The number of nitrogens with one attached hydrogen (secondary N) is 1. The van der Waals surface area contributed by atoms with Gasteiger partial charge in [-0.1, -0.05) is 0 Å². The summed E-state index contributed by atoms with van der Waals surface area (Å²) in [7, 11) is -3.91. The molecule has 0 atom stereocenters. The van der Waals surface area contributed by atoms with E-state index in [-0.39, 0.29) is 23.7 Å². The third-order valence-electron chi connectivity index (χ3n) is 2.44. The smallest absolute Gasteiger partial charge is 0.305 e. The summed E-state index contributed by atoms with van der Waals surface area (Å²) in [4.78, 5) is 13.9. The highest BCUT2D eigenvalue weighted by Gasteiger charge is 2.17. The summed E-state index contributed by atoms with van der Waals surface area (Å²) in [6.45, 7) is 0.0552. The lowest BCUT2D eigenvalue weighted by Gasteiger charge is -2.04. The van der Waals surface area contributed by atoms with Crippen molar-refractivity contribution in [3.8, 4) is 0 Å². The van der Waals surface area contributed by atoms with E-state index in [4.69, 9.17) is 5.11 Å². The van der Waals surface area contributed by atoms with E-state index in [9.17, 15) is 17.6 Å². The third kappa shape index (κ3) is 3.99. The highest BCUT2D eigenvalue weighted by atomic mass is 32.2. The number of nitrogens with zero attached hydrogens (tertiary/aromatic N) is 3. The summed E-state index contributed by atoms with van der Waals surface area (Å²) < 4.78 is 40.1. The normalized spacial score (nSPS) is 11.3. The number of hydrogen-bond donors (Lipinski definition) is 2. The van der Waals surface area contributed by atoms with Crippen molar-refractivity contribution in [1.29, 1.82) is 0 Å². The van der Waals surface area contributed by atoms with Crippen molar-refractivity contribution in [2.45, 2.75) is 17.9 Å². The fraction of sp³-hybridized carbons (Fsp3) is 0.182. The summed E-state index contributed by atoms with van der Waals surface area (Å²) >= 11 is 0. The number of pyridine rings is 1. The number of aliphatic carboxylic acids is 1. The van der Waals surface area contributed by atoms with Crippen LogP contribution < -0.4 is 4.72 Å². The topological polar surface area (TPSA) is 114 Å². The number of aryl methyl sites for hydroxylation is 1. The Morgan fingerprint density at radius 1 is 1.38 bits per heavy atom. The molecule has 0 fully saturated rings. The van der Waals surface area contributed by atoms with Crippen molar-refractivity contribution in [1.82, 2.24) is 14.8 Å². The van der Waals surface area contributed by atoms with Gasteiger partial charge >= 0.3 is 5.97 Å². The first-order valence-electron chi connectivity index (χ1n) is 5.75. The maximum atomic E-state index is 12.7. The Morgan fingerprint density at radius 3 is 2.76 bits per heavy atom. The molecule has 0 aromatic carbocycles. The Bertz CT molecular complexity index is 742. The number of carboxylic acid groups (broad SMARTS) is 1. The second-order valence-corrected chi connectivity index (χ2v) is 5.73. The van der Waals surface area contributed by atoms with Crippen molar-refractivity contribution < 1.29 is 22.7 Å². The Kier molecular flexibility index (Phi) is 4.17. The second-order valence-electron chi connectivity index (χ2n) is 4.05. The molecule has 21 heavy (non-hydrogen) atoms. The zero-order chi connectivity index (χ0) is 15.5. The molecule has 0 bridgehead atoms. The van der Waals surface area contributed by atoms with Crippen LogP contribution >= 0.6 is 0 Å². The van der Waals surface area contributed by atoms with E-state index in [0.29, 0.717) is 0 Å². The van der Waals surface area contributed by atoms with E-state index < -0.39 is 21.8 Å². The molecule has 0 aliphatic heterocycles. The minimum atomic E-state index is -3.91. The minimum Gasteiger partial charge on any atom is -0.481 e. The number of hydrogen-bond acceptors (Lipinski definition) is 5. The van der Waals surface area contributed by atoms with Gasteiger partial charge in [-0.05, 0) is 12.1 Å². The molecule has 2 N–H and O–H groups in total. The molecular formula is C11H11FN4O4S. The van der Waals surface area contributed by atoms with Gasteiger partial charge in [-0.15, -0.1) is 0 Å². The van der Waals surface area contributed by atoms with E-state index in [2.05, 4.69) is 14.8 Å². The molecule has 0 saturated heterocycles. The van der Waals surface area contributed by atoms with Crippen LogP contribution in [0.4, 0.5) is 10.2 Å². The summed E-state index contributed by atoms with van der Waals surface area (Å²) in [5, 5.41) is 12.3. The highest BCUT2D eigenvalue weighted by Crippen LogP contribution is 2.13. The van der Waals surface area contributed by atoms with E-state index in [1.54, 1.807) is 0 Å². The molecule has 2 aromatic heterocycles. The maximum absolute atomic E-state index is 12.7. The van der Waals surface area contributed by atoms with Crippen LogP contribution in [0.3, 0.4) is 0 Å². The fourth-order valence-corrected chi connectivity index (χ4v) is 2.41. The zero-order valence-corrected chi connectivity index (χ0v) is 11.4. The van der Waals surface area contributed by atoms with Crippen LogP contribution in [0.5, 0.6) is 0 Å². The second kappa shape index (κ2) is 5.87. The number of carboxylic acids is 1. The lowest BCUT2D eigenvalue weighted by Crippen LogP contribution is -2.13. The van der Waals surface area contributed by atoms with Crippen molar-refractivity contribution in [3.63, 3.8) is 0 Å². The molecular weight excluding hydrogens is 303 g/mol. The van der Waals surface area contributed by atoms with Crippen LogP contribution in [-0.4, -0.2) is 34.3 Å². The van der Waals surface area contributed by atoms with Crippen LogP contribution in [0.1, 0.15) is 6.42 Å². The Labute approximate surface area is 119 Å². The maximum Gasteiger partial charge on any atom is 0.305 e. The first kappa shape index (κ1) is 14.9. The monoisotopic (exact) mass is 314 g/mol. The van der Waals surface area contributed by atoms with Crippen LogP contribution in [-0.2, 0) is 21.4 Å². The van der Waals surface area contributed by atoms with E-state index >= 15 is 0 Å². The summed E-state index contributed by atoms with van der Waals surface area (Å²) in [6.07, 6.45) is 3.00. The molecule has 0 amide bonds. The molecule has 0 aliphatic carbocycles. The molecule has 8 nitrogen and oxygen atoms in total. The van der Waals surface area contributed by atoms with Gasteiger partial charge in [0.15, 0.2) is 0 Å². The van der Waals surface area contributed by atoms with Gasteiger partial charge in [-0.25, -0.2) is 17.8 Å². The van der Waals surface area contributed by atoms with Crippen LogP contribution in [0.25, 0.3) is 0 Å². The molecule has 2 rings (SSSR count). The van der Waals surface area contributed by atoms with Crippen LogP contribution in [0, 0.1) is 5.82 Å². The van der Waals surface area contributed by atoms with E-state index in [1.165, 1.54) is 16.9 Å². The van der Waals surface area contributed by atoms with Gasteiger partial charge in [-0.2, -0.15) is 5.10 Å². The molecule has 0 spiro atoms. The minimum absolute atomic E-state index is 0.0327. The third-order valence-corrected chi connectivity index (χ3v) is 3.75. The van der Waals surface area contributed by atoms with Gasteiger partial charge in [0.2, 0.25) is 0 Å². The van der Waals surface area contributed by atoms with Crippen molar-refractivity contribution in [2.24, 2.45) is 0 Å². The van der Waals surface area contributed by atoms with E-state index in [1.807, 2.05) is 0 Å². The largest absolute Gasteiger partial charge is 0.481 e. The number of carbonyl (C=O) groups is 1. The molecule has 0 saturated carbocycles. The molecule has 112 valence electrons. The first-order valence-corrected chi connectivity index (χ1v) is 7.24. The fourth-order valence-electron chi connectivity index (χ4n) is 1.45. The molecule has 10 heteroatoms. The zero-order valence-electron chi connectivity index (χ0n) is 10.6. The molecule has 2 aromatic rings. The first-order chi connectivity index (χ1) is 9.87.